The second-order valence-electron chi connectivity index (χ2n) is 9.88. The van der Waals surface area contributed by atoms with Gasteiger partial charge >= 0.3 is 0 Å². The van der Waals surface area contributed by atoms with Crippen molar-refractivity contribution < 1.29 is 9.05 Å². The SMILES string of the molecule is CCOP(CC1=CC2=C(CC1)c1ccc(N(c3ccccc3)c3ccccc3)cc1C2(C)C)OCC. The van der Waals surface area contributed by atoms with Crippen LogP contribution >= 0.6 is 8.38 Å². The van der Waals surface area contributed by atoms with Crippen LogP contribution in [0.25, 0.3) is 5.57 Å². The number of rotatable bonds is 9. The molecule has 3 nitrogen and oxygen atoms in total. The highest BCUT2D eigenvalue weighted by atomic mass is 31.2. The van der Waals surface area contributed by atoms with E-state index >= 15 is 0 Å². The maximum atomic E-state index is 5.92. The van der Waals surface area contributed by atoms with Gasteiger partial charge in [0.2, 0.25) is 0 Å². The molecule has 0 atom stereocenters. The molecule has 0 spiro atoms. The van der Waals surface area contributed by atoms with Crippen molar-refractivity contribution in [3.63, 3.8) is 0 Å². The van der Waals surface area contributed by atoms with Gasteiger partial charge in [0, 0.05) is 28.6 Å². The second kappa shape index (κ2) is 10.7. The summed E-state index contributed by atoms with van der Waals surface area (Å²) in [6, 6.07) is 28.3. The first-order chi connectivity index (χ1) is 17.5. The molecular formula is C32H36NO2P. The van der Waals surface area contributed by atoms with E-state index in [1.165, 1.54) is 44.9 Å². The lowest BCUT2D eigenvalue weighted by Crippen LogP contribution is -2.18. The summed E-state index contributed by atoms with van der Waals surface area (Å²) in [5.41, 5.74) is 10.7. The molecule has 0 aromatic heterocycles. The highest BCUT2D eigenvalue weighted by Gasteiger charge is 2.38. The first kappa shape index (κ1) is 25.0. The van der Waals surface area contributed by atoms with E-state index in [2.05, 4.69) is 104 Å². The van der Waals surface area contributed by atoms with E-state index in [0.717, 1.165) is 19.0 Å². The third-order valence-corrected chi connectivity index (χ3v) is 8.97. The van der Waals surface area contributed by atoms with Gasteiger partial charge in [0.1, 0.15) is 0 Å². The Balaban J connectivity index is 1.51. The smallest absolute Gasteiger partial charge is 0.174 e. The molecule has 186 valence electrons. The Labute approximate surface area is 217 Å². The first-order valence-electron chi connectivity index (χ1n) is 13.0. The van der Waals surface area contributed by atoms with Crippen LogP contribution in [0, 0.1) is 0 Å². The maximum Gasteiger partial charge on any atom is 0.174 e. The Morgan fingerprint density at radius 1 is 0.778 bits per heavy atom. The number of hydrogen-bond acceptors (Lipinski definition) is 3. The van der Waals surface area contributed by atoms with Crippen molar-refractivity contribution in [2.75, 3.05) is 24.3 Å². The number of fused-ring (bicyclic) bond motifs is 2. The summed E-state index contributed by atoms with van der Waals surface area (Å²) in [4.78, 5) is 2.35. The Morgan fingerprint density at radius 2 is 1.39 bits per heavy atom. The van der Waals surface area contributed by atoms with Crippen LogP contribution in [0.15, 0.2) is 96.1 Å². The fourth-order valence-electron chi connectivity index (χ4n) is 5.53. The minimum absolute atomic E-state index is 0.0502. The fraction of sp³-hybridized carbons (Fsp3) is 0.312. The number of allylic oxidation sites excluding steroid dienone is 4. The molecule has 0 aliphatic heterocycles. The van der Waals surface area contributed by atoms with Crippen LogP contribution in [-0.4, -0.2) is 19.4 Å². The van der Waals surface area contributed by atoms with E-state index in [9.17, 15) is 0 Å². The zero-order valence-corrected chi connectivity index (χ0v) is 22.7. The standard InChI is InChI=1S/C32H36NO2P/c1-5-34-36(35-6-2)23-24-17-19-28-29-20-18-27(22-31(29)32(3,4)30(28)21-24)33(25-13-9-7-10-14-25)26-15-11-8-12-16-26/h7-16,18,20-22H,5-6,17,19,23H2,1-4H3. The zero-order valence-electron chi connectivity index (χ0n) is 21.8. The van der Waals surface area contributed by atoms with Crippen molar-refractivity contribution in [1.82, 2.24) is 0 Å². The molecule has 2 aliphatic carbocycles. The normalized spacial score (nSPS) is 16.1. The molecule has 2 aliphatic rings. The van der Waals surface area contributed by atoms with Gasteiger partial charge < -0.3 is 13.9 Å². The molecule has 0 radical (unpaired) electrons. The summed E-state index contributed by atoms with van der Waals surface area (Å²) >= 11 is 0. The summed E-state index contributed by atoms with van der Waals surface area (Å²) in [6.45, 7) is 10.2. The van der Waals surface area contributed by atoms with Crippen LogP contribution in [0.3, 0.4) is 0 Å². The minimum Gasteiger partial charge on any atom is -0.334 e. The molecule has 0 saturated carbocycles. The largest absolute Gasteiger partial charge is 0.334 e. The topological polar surface area (TPSA) is 21.7 Å². The molecule has 0 N–H and O–H groups in total. The molecular weight excluding hydrogens is 461 g/mol. The summed E-state index contributed by atoms with van der Waals surface area (Å²) < 4.78 is 11.8. The number of hydrogen-bond donors (Lipinski definition) is 0. The molecule has 36 heavy (non-hydrogen) atoms. The quantitative estimate of drug-likeness (QED) is 0.275. The summed E-state index contributed by atoms with van der Waals surface area (Å²) in [6.07, 6.45) is 5.52. The lowest BCUT2D eigenvalue weighted by atomic mass is 9.79. The average Bonchev–Trinajstić information content (AvgIpc) is 3.12. The predicted molar refractivity (Wildman–Crippen MR) is 153 cm³/mol. The van der Waals surface area contributed by atoms with Crippen LogP contribution in [0.4, 0.5) is 17.1 Å². The predicted octanol–water partition coefficient (Wildman–Crippen LogP) is 9.31. The number of para-hydroxylation sites is 2. The molecule has 0 unspecified atom stereocenters. The van der Waals surface area contributed by atoms with Crippen LogP contribution in [0.1, 0.15) is 51.7 Å². The van der Waals surface area contributed by atoms with Gasteiger partial charge in [-0.25, -0.2) is 0 Å². The van der Waals surface area contributed by atoms with Gasteiger partial charge in [-0.3, -0.25) is 0 Å². The van der Waals surface area contributed by atoms with Gasteiger partial charge in [-0.05, 0) is 85.4 Å². The van der Waals surface area contributed by atoms with Gasteiger partial charge in [0.25, 0.3) is 0 Å². The monoisotopic (exact) mass is 497 g/mol. The molecule has 5 rings (SSSR count). The zero-order chi connectivity index (χ0) is 25.1. The van der Waals surface area contributed by atoms with Gasteiger partial charge in [-0.15, -0.1) is 0 Å². The minimum atomic E-state index is -0.854. The maximum absolute atomic E-state index is 5.92. The summed E-state index contributed by atoms with van der Waals surface area (Å²) in [5.74, 6) is 0. The fourth-order valence-corrected chi connectivity index (χ4v) is 6.94. The number of benzene rings is 3. The Kier molecular flexibility index (Phi) is 7.44. The van der Waals surface area contributed by atoms with E-state index in [0.29, 0.717) is 13.2 Å². The highest BCUT2D eigenvalue weighted by molar-refractivity contribution is 7.47. The summed E-state index contributed by atoms with van der Waals surface area (Å²) in [7, 11) is -0.854. The molecule has 0 amide bonds. The molecule has 3 aromatic rings. The van der Waals surface area contributed by atoms with Crippen molar-refractivity contribution in [2.45, 2.75) is 46.0 Å². The third kappa shape index (κ3) is 4.81. The molecule has 0 saturated heterocycles. The molecule has 0 heterocycles. The van der Waals surface area contributed by atoms with Gasteiger partial charge in [0.15, 0.2) is 8.38 Å². The lowest BCUT2D eigenvalue weighted by molar-refractivity contribution is 0.271. The first-order valence-corrected chi connectivity index (χ1v) is 14.4. The molecule has 3 aromatic carbocycles. The van der Waals surface area contributed by atoms with Crippen molar-refractivity contribution >= 4 is 31.0 Å². The van der Waals surface area contributed by atoms with Crippen molar-refractivity contribution in [2.24, 2.45) is 0 Å². The van der Waals surface area contributed by atoms with Crippen molar-refractivity contribution in [3.8, 4) is 0 Å². The van der Waals surface area contributed by atoms with Crippen LogP contribution in [-0.2, 0) is 14.5 Å². The highest BCUT2D eigenvalue weighted by Crippen LogP contribution is 2.53. The van der Waals surface area contributed by atoms with Crippen molar-refractivity contribution in [3.05, 3.63) is 107 Å². The van der Waals surface area contributed by atoms with Gasteiger partial charge in [0.05, 0.1) is 13.2 Å². The average molecular weight is 498 g/mol. The van der Waals surface area contributed by atoms with Crippen LogP contribution in [0.2, 0.25) is 0 Å². The van der Waals surface area contributed by atoms with E-state index < -0.39 is 8.38 Å². The molecule has 0 fully saturated rings. The van der Waals surface area contributed by atoms with Gasteiger partial charge in [-0.1, -0.05) is 68.0 Å². The Morgan fingerprint density at radius 3 is 1.97 bits per heavy atom. The third-order valence-electron chi connectivity index (χ3n) is 7.21. The van der Waals surface area contributed by atoms with Gasteiger partial charge in [-0.2, -0.15) is 0 Å². The Hall–Kier alpha value is -2.71. The van der Waals surface area contributed by atoms with E-state index in [4.69, 9.17) is 9.05 Å². The Bertz CT molecular complexity index is 1220. The lowest BCUT2D eigenvalue weighted by Gasteiger charge is -2.29. The number of nitrogens with zero attached hydrogens (tertiary/aromatic N) is 1. The summed E-state index contributed by atoms with van der Waals surface area (Å²) in [5, 5.41) is 0. The second-order valence-corrected chi connectivity index (χ2v) is 11.4. The van der Waals surface area contributed by atoms with E-state index in [-0.39, 0.29) is 5.41 Å². The number of anilines is 3. The van der Waals surface area contributed by atoms with Crippen LogP contribution < -0.4 is 4.90 Å². The molecule has 4 heteroatoms. The van der Waals surface area contributed by atoms with E-state index in [1.54, 1.807) is 0 Å². The van der Waals surface area contributed by atoms with Crippen LogP contribution in [0.5, 0.6) is 0 Å². The molecule has 0 bridgehead atoms. The van der Waals surface area contributed by atoms with Crippen molar-refractivity contribution in [1.29, 1.82) is 0 Å². The van der Waals surface area contributed by atoms with E-state index in [1.807, 2.05) is 13.8 Å².